The molecule has 3 aromatic rings. The van der Waals surface area contributed by atoms with E-state index in [2.05, 4.69) is 5.32 Å². The molecule has 0 fully saturated rings. The fourth-order valence-electron chi connectivity index (χ4n) is 2.88. The van der Waals surface area contributed by atoms with Gasteiger partial charge in [-0.1, -0.05) is 78.4 Å². The second-order valence-corrected chi connectivity index (χ2v) is 6.38. The zero-order chi connectivity index (χ0) is 19.1. The van der Waals surface area contributed by atoms with E-state index >= 15 is 0 Å². The van der Waals surface area contributed by atoms with Crippen LogP contribution in [-0.4, -0.2) is 17.6 Å². The summed E-state index contributed by atoms with van der Waals surface area (Å²) in [6, 6.07) is 24.9. The molecule has 0 radical (unpaired) electrons. The van der Waals surface area contributed by atoms with Gasteiger partial charge in [-0.3, -0.25) is 4.79 Å². The molecule has 0 aliphatic heterocycles. The maximum absolute atomic E-state index is 12.5. The first-order chi connectivity index (χ1) is 13.2. The highest BCUT2D eigenvalue weighted by Gasteiger charge is 2.17. The van der Waals surface area contributed by atoms with Crippen LogP contribution in [0.4, 0.5) is 0 Å². The van der Waals surface area contributed by atoms with Crippen LogP contribution < -0.4 is 10.1 Å². The summed E-state index contributed by atoms with van der Waals surface area (Å²) in [6.07, 6.45) is 0. The fourth-order valence-corrected chi connectivity index (χ4v) is 2.88. The van der Waals surface area contributed by atoms with Crippen molar-refractivity contribution in [2.45, 2.75) is 19.6 Å². The fraction of sp³-hybridized carbons (Fsp3) is 0.174. The number of hydrogen-bond acceptors (Lipinski definition) is 3. The summed E-state index contributed by atoms with van der Waals surface area (Å²) in [5.74, 6) is 0.291. The number of carbonyl (C=O) groups is 1. The molecular formula is C23H23NO3. The third kappa shape index (κ3) is 4.96. The Morgan fingerprint density at radius 2 is 1.56 bits per heavy atom. The van der Waals surface area contributed by atoms with Gasteiger partial charge in [-0.15, -0.1) is 0 Å². The van der Waals surface area contributed by atoms with Gasteiger partial charge in [-0.25, -0.2) is 0 Å². The molecule has 0 spiro atoms. The summed E-state index contributed by atoms with van der Waals surface area (Å²) in [5, 5.41) is 12.4. The summed E-state index contributed by atoms with van der Waals surface area (Å²) in [6.45, 7) is 1.78. The normalized spacial score (nSPS) is 11.6. The van der Waals surface area contributed by atoms with Gasteiger partial charge in [0.2, 0.25) is 0 Å². The number of hydrogen-bond donors (Lipinski definition) is 2. The third-order valence-corrected chi connectivity index (χ3v) is 4.35. The van der Waals surface area contributed by atoms with Gasteiger partial charge in [0, 0.05) is 5.56 Å². The minimum absolute atomic E-state index is 0.119. The van der Waals surface area contributed by atoms with Gasteiger partial charge in [-0.2, -0.15) is 0 Å². The molecule has 1 unspecified atom stereocenters. The number of carbonyl (C=O) groups excluding carboxylic acids is 1. The van der Waals surface area contributed by atoms with E-state index in [0.717, 1.165) is 11.1 Å². The first kappa shape index (κ1) is 18.7. The summed E-state index contributed by atoms with van der Waals surface area (Å²) in [7, 11) is 0. The average Bonchev–Trinajstić information content (AvgIpc) is 2.72. The van der Waals surface area contributed by atoms with Crippen LogP contribution in [0, 0.1) is 6.92 Å². The van der Waals surface area contributed by atoms with Crippen molar-refractivity contribution in [3.63, 3.8) is 0 Å². The Kier molecular flexibility index (Phi) is 6.23. The lowest BCUT2D eigenvalue weighted by molar-refractivity contribution is -0.123. The van der Waals surface area contributed by atoms with Crippen LogP contribution in [0.25, 0.3) is 0 Å². The van der Waals surface area contributed by atoms with Crippen molar-refractivity contribution in [3.05, 3.63) is 101 Å². The number of nitrogens with one attached hydrogen (secondary N) is 1. The van der Waals surface area contributed by atoms with E-state index in [-0.39, 0.29) is 25.2 Å². The highest BCUT2D eigenvalue weighted by atomic mass is 16.5. The van der Waals surface area contributed by atoms with Crippen LogP contribution in [-0.2, 0) is 11.4 Å². The van der Waals surface area contributed by atoms with E-state index in [9.17, 15) is 9.90 Å². The van der Waals surface area contributed by atoms with Crippen molar-refractivity contribution in [1.29, 1.82) is 0 Å². The van der Waals surface area contributed by atoms with E-state index in [1.54, 1.807) is 12.1 Å². The Morgan fingerprint density at radius 3 is 2.26 bits per heavy atom. The topological polar surface area (TPSA) is 58.6 Å². The van der Waals surface area contributed by atoms with Gasteiger partial charge in [0.05, 0.1) is 12.6 Å². The van der Waals surface area contributed by atoms with Crippen molar-refractivity contribution in [3.8, 4) is 5.75 Å². The predicted octanol–water partition coefficient (Wildman–Crippen LogP) is 3.77. The van der Waals surface area contributed by atoms with Gasteiger partial charge in [0.25, 0.3) is 5.91 Å². The lowest BCUT2D eigenvalue weighted by Gasteiger charge is -2.20. The van der Waals surface area contributed by atoms with Gasteiger partial charge in [-0.05, 0) is 24.1 Å². The zero-order valence-corrected chi connectivity index (χ0v) is 15.3. The number of ether oxygens (including phenoxy) is 1. The van der Waals surface area contributed by atoms with Crippen molar-refractivity contribution < 1.29 is 14.6 Å². The maximum Gasteiger partial charge on any atom is 0.258 e. The molecule has 0 bridgehead atoms. The van der Waals surface area contributed by atoms with Crippen molar-refractivity contribution in [1.82, 2.24) is 5.32 Å². The standard InChI is InChI=1S/C23H23NO3/c1-17-11-13-19(14-12-17)23(18-7-3-2-4-8-18)24-22(26)16-27-21-10-6-5-9-20(21)15-25/h2-14,23,25H,15-16H2,1H3,(H,24,26). The molecule has 0 aliphatic carbocycles. The quantitative estimate of drug-likeness (QED) is 0.673. The van der Waals surface area contributed by atoms with Gasteiger partial charge in [0.15, 0.2) is 6.61 Å². The third-order valence-electron chi connectivity index (χ3n) is 4.35. The number of amides is 1. The largest absolute Gasteiger partial charge is 0.483 e. The number of benzene rings is 3. The van der Waals surface area contributed by atoms with Crippen LogP contribution in [0.15, 0.2) is 78.9 Å². The highest BCUT2D eigenvalue weighted by Crippen LogP contribution is 2.23. The molecule has 4 nitrogen and oxygen atoms in total. The molecule has 1 atom stereocenters. The SMILES string of the molecule is Cc1ccc(C(NC(=O)COc2ccccc2CO)c2ccccc2)cc1. The van der Waals surface area contributed by atoms with E-state index in [1.165, 1.54) is 5.56 Å². The van der Waals surface area contributed by atoms with E-state index in [4.69, 9.17) is 4.74 Å². The second kappa shape index (κ2) is 9.01. The molecule has 0 aliphatic rings. The van der Waals surface area contributed by atoms with E-state index in [1.807, 2.05) is 73.7 Å². The molecule has 138 valence electrons. The zero-order valence-electron chi connectivity index (χ0n) is 15.3. The van der Waals surface area contributed by atoms with Crippen LogP contribution in [0.2, 0.25) is 0 Å². The molecule has 27 heavy (non-hydrogen) atoms. The number of rotatable bonds is 7. The minimum Gasteiger partial charge on any atom is -0.483 e. The maximum atomic E-state index is 12.5. The Balaban J connectivity index is 1.74. The van der Waals surface area contributed by atoms with Gasteiger partial charge >= 0.3 is 0 Å². The van der Waals surface area contributed by atoms with E-state index < -0.39 is 0 Å². The van der Waals surface area contributed by atoms with E-state index in [0.29, 0.717) is 11.3 Å². The Morgan fingerprint density at radius 1 is 0.926 bits per heavy atom. The molecule has 2 N–H and O–H groups in total. The second-order valence-electron chi connectivity index (χ2n) is 6.38. The first-order valence-electron chi connectivity index (χ1n) is 8.90. The van der Waals surface area contributed by atoms with Crippen molar-refractivity contribution >= 4 is 5.91 Å². The summed E-state index contributed by atoms with van der Waals surface area (Å²) >= 11 is 0. The number of aryl methyl sites for hydroxylation is 1. The molecule has 0 saturated carbocycles. The smallest absolute Gasteiger partial charge is 0.258 e. The molecule has 0 heterocycles. The molecule has 3 aromatic carbocycles. The van der Waals surface area contributed by atoms with Crippen molar-refractivity contribution in [2.75, 3.05) is 6.61 Å². The first-order valence-corrected chi connectivity index (χ1v) is 8.90. The molecule has 0 aromatic heterocycles. The van der Waals surface area contributed by atoms with Crippen LogP contribution in [0.5, 0.6) is 5.75 Å². The van der Waals surface area contributed by atoms with Crippen LogP contribution in [0.3, 0.4) is 0 Å². The predicted molar refractivity (Wildman–Crippen MR) is 105 cm³/mol. The van der Waals surface area contributed by atoms with Gasteiger partial charge in [0.1, 0.15) is 5.75 Å². The molecule has 3 rings (SSSR count). The van der Waals surface area contributed by atoms with Crippen LogP contribution >= 0.6 is 0 Å². The van der Waals surface area contributed by atoms with Crippen LogP contribution in [0.1, 0.15) is 28.3 Å². The lowest BCUT2D eigenvalue weighted by Crippen LogP contribution is -2.33. The number of aliphatic hydroxyl groups excluding tert-OH is 1. The Labute approximate surface area is 159 Å². The molecule has 1 amide bonds. The molecule has 0 saturated heterocycles. The minimum atomic E-state index is -0.254. The molecular weight excluding hydrogens is 338 g/mol. The van der Waals surface area contributed by atoms with Gasteiger partial charge < -0.3 is 15.2 Å². The lowest BCUT2D eigenvalue weighted by atomic mass is 9.98. The number of aliphatic hydroxyl groups is 1. The highest BCUT2D eigenvalue weighted by molar-refractivity contribution is 5.78. The summed E-state index contributed by atoms with van der Waals surface area (Å²) < 4.78 is 5.61. The van der Waals surface area contributed by atoms with Crippen molar-refractivity contribution in [2.24, 2.45) is 0 Å². The molecule has 4 heteroatoms. The average molecular weight is 361 g/mol. The Hall–Kier alpha value is -3.11. The monoisotopic (exact) mass is 361 g/mol. The number of para-hydroxylation sites is 1. The Bertz CT molecular complexity index is 876. The summed E-state index contributed by atoms with van der Waals surface area (Å²) in [4.78, 5) is 12.5. The summed E-state index contributed by atoms with van der Waals surface area (Å²) in [5.41, 5.74) is 3.84.